The van der Waals surface area contributed by atoms with E-state index < -0.39 is 76.6 Å². The molecule has 11 heteroatoms. The van der Waals surface area contributed by atoms with E-state index in [1.54, 1.807) is 13.0 Å². The summed E-state index contributed by atoms with van der Waals surface area (Å²) in [5, 5.41) is 49.2. The average Bonchev–Trinajstić information content (AvgIpc) is 3.08. The van der Waals surface area contributed by atoms with Crippen LogP contribution in [0.2, 0.25) is 0 Å². The number of aliphatic hydroxyl groups excluding tert-OH is 1. The van der Waals surface area contributed by atoms with E-state index in [2.05, 4.69) is 12.2 Å². The molecule has 1 heterocycles. The molecule has 1 fully saturated rings. The van der Waals surface area contributed by atoms with Gasteiger partial charge in [-0.3, -0.25) is 14.4 Å². The van der Waals surface area contributed by atoms with Crippen molar-refractivity contribution < 1.29 is 49.0 Å². The molecular weight excluding hydrogens is 642 g/mol. The van der Waals surface area contributed by atoms with Gasteiger partial charge in [0.15, 0.2) is 17.9 Å². The van der Waals surface area contributed by atoms with Gasteiger partial charge in [-0.15, -0.1) is 0 Å². The van der Waals surface area contributed by atoms with E-state index in [9.17, 15) is 34.8 Å². The molecule has 3 aliphatic rings. The third-order valence-electron chi connectivity index (χ3n) is 10.7. The second-order valence-corrected chi connectivity index (χ2v) is 14.2. The lowest BCUT2D eigenvalue weighted by Crippen LogP contribution is -2.54. The second-order valence-electron chi connectivity index (χ2n) is 14.2. The highest BCUT2D eigenvalue weighted by atomic mass is 16.7. The van der Waals surface area contributed by atoms with Crippen molar-refractivity contribution in [1.29, 1.82) is 0 Å². The highest BCUT2D eigenvalue weighted by Gasteiger charge is 2.49. The fourth-order valence-electron chi connectivity index (χ4n) is 7.73. The Morgan fingerprint density at radius 1 is 0.960 bits per heavy atom. The Morgan fingerprint density at radius 2 is 1.60 bits per heavy atom. The lowest BCUT2D eigenvalue weighted by Gasteiger charge is -2.43. The first-order valence-electron chi connectivity index (χ1n) is 18.3. The Kier molecular flexibility index (Phi) is 12.4. The Hall–Kier alpha value is -3.35. The fraction of sp³-hybridized carbons (Fsp3) is 0.615. The summed E-state index contributed by atoms with van der Waals surface area (Å²) in [6.45, 7) is 5.88. The molecule has 0 unspecified atom stereocenters. The molecule has 2 aliphatic carbocycles. The summed E-state index contributed by atoms with van der Waals surface area (Å²) < 4.78 is 17.8. The molecule has 0 amide bonds. The molecule has 2 aromatic carbocycles. The van der Waals surface area contributed by atoms with E-state index >= 15 is 0 Å². The number of hydrogen-bond donors (Lipinski definition) is 5. The maximum absolute atomic E-state index is 13.9. The van der Waals surface area contributed by atoms with Gasteiger partial charge in [0.2, 0.25) is 5.78 Å². The molecule has 50 heavy (non-hydrogen) atoms. The number of ether oxygens (including phenoxy) is 3. The lowest BCUT2D eigenvalue weighted by molar-refractivity contribution is -0.249. The van der Waals surface area contributed by atoms with Crippen LogP contribution in [0.5, 0.6) is 17.2 Å². The van der Waals surface area contributed by atoms with Crippen molar-refractivity contribution in [2.24, 2.45) is 0 Å². The van der Waals surface area contributed by atoms with Crippen molar-refractivity contribution in [3.8, 4) is 17.2 Å². The quantitative estimate of drug-likeness (QED) is 0.0936. The van der Waals surface area contributed by atoms with E-state index in [1.807, 2.05) is 0 Å². The monoisotopic (exact) mass is 695 g/mol. The van der Waals surface area contributed by atoms with Gasteiger partial charge in [0, 0.05) is 42.0 Å². The molecule has 0 bridgehead atoms. The zero-order valence-electron chi connectivity index (χ0n) is 29.8. The van der Waals surface area contributed by atoms with Gasteiger partial charge in [0.25, 0.3) is 0 Å². The van der Waals surface area contributed by atoms with E-state index in [1.165, 1.54) is 77.5 Å². The third kappa shape index (κ3) is 7.62. The Bertz CT molecular complexity index is 1570. The number of nitrogens with one attached hydrogen (secondary N) is 1. The molecule has 0 aromatic heterocycles. The summed E-state index contributed by atoms with van der Waals surface area (Å²) in [6.07, 6.45) is 8.14. The zero-order chi connectivity index (χ0) is 36.2. The largest absolute Gasteiger partial charge is 0.507 e. The maximum atomic E-state index is 13.9. The number of fused-ring (bicyclic) bond motifs is 3. The lowest BCUT2D eigenvalue weighted by atomic mass is 9.72. The molecule has 2 aromatic rings. The highest BCUT2D eigenvalue weighted by Crippen LogP contribution is 2.52. The van der Waals surface area contributed by atoms with Crippen LogP contribution in [0.15, 0.2) is 18.2 Å². The van der Waals surface area contributed by atoms with Crippen LogP contribution in [-0.4, -0.2) is 81.6 Å². The molecule has 0 spiro atoms. The number of unbranched alkanes of at least 4 members (excludes halogenated alkanes) is 9. The molecule has 1 aliphatic heterocycles. The normalized spacial score (nSPS) is 25.9. The van der Waals surface area contributed by atoms with Crippen LogP contribution in [-0.2, 0) is 20.7 Å². The highest BCUT2D eigenvalue weighted by molar-refractivity contribution is 6.31. The van der Waals surface area contributed by atoms with Crippen molar-refractivity contribution in [3.63, 3.8) is 0 Å². The number of methoxy groups -OCH3 is 1. The number of carbonyl (C=O) groups excluding carboxylic acids is 3. The number of hydrogen-bond acceptors (Lipinski definition) is 11. The molecule has 6 atom stereocenters. The van der Waals surface area contributed by atoms with Crippen molar-refractivity contribution in [1.82, 2.24) is 5.32 Å². The number of aromatic hydroxyl groups is 2. The number of phenolic OH excluding ortho intramolecular Hbond substituents is 2. The van der Waals surface area contributed by atoms with Gasteiger partial charge >= 0.3 is 0 Å². The number of rotatable bonds is 16. The summed E-state index contributed by atoms with van der Waals surface area (Å²) >= 11 is 0. The summed E-state index contributed by atoms with van der Waals surface area (Å²) in [5.41, 5.74) is -2.88. The van der Waals surface area contributed by atoms with Gasteiger partial charge in [-0.25, -0.2) is 0 Å². The Balaban J connectivity index is 1.34. The smallest absolute Gasteiger partial charge is 0.202 e. The molecular formula is C39H53NO10. The fourth-order valence-corrected chi connectivity index (χ4v) is 7.73. The average molecular weight is 696 g/mol. The van der Waals surface area contributed by atoms with Gasteiger partial charge in [-0.05, 0) is 32.9 Å². The number of ketones is 3. The molecule has 0 radical (unpaired) electrons. The predicted octanol–water partition coefficient (Wildman–Crippen LogP) is 5.58. The molecule has 0 saturated carbocycles. The van der Waals surface area contributed by atoms with Gasteiger partial charge < -0.3 is 40.0 Å². The molecule has 11 nitrogen and oxygen atoms in total. The summed E-state index contributed by atoms with van der Waals surface area (Å²) in [7, 11) is 1.36. The molecule has 1 saturated heterocycles. The third-order valence-corrected chi connectivity index (χ3v) is 10.7. The van der Waals surface area contributed by atoms with Crippen molar-refractivity contribution in [3.05, 3.63) is 51.6 Å². The summed E-state index contributed by atoms with van der Waals surface area (Å²) in [6, 6.07) is 4.14. The predicted molar refractivity (Wildman–Crippen MR) is 186 cm³/mol. The first-order valence-corrected chi connectivity index (χ1v) is 18.3. The van der Waals surface area contributed by atoms with Crippen molar-refractivity contribution in [2.45, 2.75) is 140 Å². The molecule has 274 valence electrons. The second kappa shape index (κ2) is 16.3. The van der Waals surface area contributed by atoms with E-state index in [4.69, 9.17) is 14.2 Å². The van der Waals surface area contributed by atoms with Gasteiger partial charge in [0.1, 0.15) is 22.8 Å². The zero-order valence-corrected chi connectivity index (χ0v) is 29.8. The first-order chi connectivity index (χ1) is 23.9. The van der Waals surface area contributed by atoms with Crippen molar-refractivity contribution in [2.75, 3.05) is 13.7 Å². The molecule has 5 rings (SSSR count). The standard InChI is InChI=1S/C39H53NO10/c1-5-6-7-8-9-10-11-12-13-14-18-40-26-19-29(49-22(2)34(26)42)50-28-21-39(47,23(3)41)20-25-31(28)38(46)33-32(36(25)44)35(43)24-16-15-17-27(48-4)30(24)37(33)45/h15-17,22,26,28-29,34,40,42,44,46-47H,5-14,18-21H2,1-4H3/t22-,26-,28-,29-,34+,39-/m0/s1. The van der Waals surface area contributed by atoms with Crippen LogP contribution in [0.1, 0.15) is 147 Å². The van der Waals surface area contributed by atoms with Crippen LogP contribution < -0.4 is 10.1 Å². The minimum atomic E-state index is -1.99. The van der Waals surface area contributed by atoms with Gasteiger partial charge in [-0.2, -0.15) is 0 Å². The van der Waals surface area contributed by atoms with Crippen LogP contribution in [0.3, 0.4) is 0 Å². The SMILES string of the molecule is CCCCCCCCCCCCN[C@H]1C[C@H](O[C@H]2C[C@](O)(C(C)=O)Cc3c(O)c4c(c(O)c32)C(=O)c2c(OC)cccc2C4=O)O[C@@H](C)[C@H]1O. The minimum absolute atomic E-state index is 0.00133. The van der Waals surface area contributed by atoms with Crippen LogP contribution in [0, 0.1) is 0 Å². The number of aliphatic hydroxyl groups is 2. The summed E-state index contributed by atoms with van der Waals surface area (Å²) in [5.74, 6) is -3.03. The topological polar surface area (TPSA) is 172 Å². The Labute approximate surface area is 294 Å². The molecule has 5 N–H and O–H groups in total. The summed E-state index contributed by atoms with van der Waals surface area (Å²) in [4.78, 5) is 40.4. The van der Waals surface area contributed by atoms with Crippen LogP contribution >= 0.6 is 0 Å². The van der Waals surface area contributed by atoms with E-state index in [0.29, 0.717) is 6.54 Å². The van der Waals surface area contributed by atoms with Crippen LogP contribution in [0.25, 0.3) is 0 Å². The van der Waals surface area contributed by atoms with Crippen molar-refractivity contribution >= 4 is 17.3 Å². The van der Waals surface area contributed by atoms with Crippen LogP contribution in [0.4, 0.5) is 0 Å². The number of Topliss-reactive ketones (excluding diaryl/α,β-unsaturated/α-hetero) is 1. The van der Waals surface area contributed by atoms with E-state index in [0.717, 1.165) is 12.8 Å². The van der Waals surface area contributed by atoms with E-state index in [-0.39, 0.29) is 46.9 Å². The van der Waals surface area contributed by atoms with Gasteiger partial charge in [-0.1, -0.05) is 76.8 Å². The minimum Gasteiger partial charge on any atom is -0.507 e. The maximum Gasteiger partial charge on any atom is 0.202 e. The Morgan fingerprint density at radius 3 is 2.24 bits per heavy atom. The first kappa shape index (κ1) is 37.9. The number of phenols is 2. The number of carbonyl (C=O) groups is 3. The number of benzene rings is 2. The van der Waals surface area contributed by atoms with Gasteiger partial charge in [0.05, 0.1) is 42.1 Å².